The van der Waals surface area contributed by atoms with Gasteiger partial charge in [0.15, 0.2) is 0 Å². The Hall–Kier alpha value is -0.0800. The van der Waals surface area contributed by atoms with Crippen molar-refractivity contribution in [3.05, 3.63) is 0 Å². The van der Waals surface area contributed by atoms with Crippen LogP contribution in [-0.4, -0.2) is 17.4 Å². The Morgan fingerprint density at radius 3 is 2.40 bits per heavy atom. The van der Waals surface area contributed by atoms with Gasteiger partial charge in [0.05, 0.1) is 0 Å². The highest BCUT2D eigenvalue weighted by atomic mass is 16.3. The first-order valence-electron chi connectivity index (χ1n) is 4.23. The van der Waals surface area contributed by atoms with Crippen LogP contribution in [0.2, 0.25) is 0 Å². The summed E-state index contributed by atoms with van der Waals surface area (Å²) in [5.74, 6) is 0. The third-order valence-corrected chi connectivity index (χ3v) is 2.08. The van der Waals surface area contributed by atoms with Gasteiger partial charge in [-0.05, 0) is 19.8 Å². The van der Waals surface area contributed by atoms with Crippen molar-refractivity contribution in [3.63, 3.8) is 0 Å². The van der Waals surface area contributed by atoms with Gasteiger partial charge in [-0.1, -0.05) is 19.3 Å². The van der Waals surface area contributed by atoms with Gasteiger partial charge in [0.2, 0.25) is 0 Å². The number of aliphatic hydroxyl groups excluding tert-OH is 1. The minimum absolute atomic E-state index is 0.330. The van der Waals surface area contributed by atoms with Gasteiger partial charge in [-0.15, -0.1) is 0 Å². The van der Waals surface area contributed by atoms with Gasteiger partial charge >= 0.3 is 0 Å². The molecule has 0 aromatic heterocycles. The predicted molar refractivity (Wildman–Crippen MR) is 41.7 cm³/mol. The lowest BCUT2D eigenvalue weighted by Crippen LogP contribution is -2.37. The highest BCUT2D eigenvalue weighted by Crippen LogP contribution is 2.17. The molecule has 0 radical (unpaired) electrons. The van der Waals surface area contributed by atoms with Crippen LogP contribution in [0.25, 0.3) is 0 Å². The maximum Gasteiger partial charge on any atom is 0.102 e. The van der Waals surface area contributed by atoms with Crippen LogP contribution in [0.1, 0.15) is 39.0 Å². The second-order valence-corrected chi connectivity index (χ2v) is 3.18. The van der Waals surface area contributed by atoms with E-state index in [2.05, 4.69) is 5.32 Å². The first kappa shape index (κ1) is 8.02. The highest BCUT2D eigenvalue weighted by molar-refractivity contribution is 4.71. The highest BCUT2D eigenvalue weighted by Gasteiger charge is 2.13. The lowest BCUT2D eigenvalue weighted by molar-refractivity contribution is 0.130. The van der Waals surface area contributed by atoms with Gasteiger partial charge in [0.25, 0.3) is 0 Å². The molecule has 0 bridgehead atoms. The average Bonchev–Trinajstić information content (AvgIpc) is 1.88. The standard InChI is InChI=1S/C8H17NO/c1-7(10)9-8-5-3-2-4-6-8/h7-10H,2-6H2,1H3/t7-/m1/s1. The van der Waals surface area contributed by atoms with E-state index in [1.807, 2.05) is 0 Å². The maximum atomic E-state index is 8.99. The zero-order chi connectivity index (χ0) is 7.40. The van der Waals surface area contributed by atoms with Crippen molar-refractivity contribution in [2.45, 2.75) is 51.3 Å². The summed E-state index contributed by atoms with van der Waals surface area (Å²) in [5, 5.41) is 12.1. The summed E-state index contributed by atoms with van der Waals surface area (Å²) in [7, 11) is 0. The van der Waals surface area contributed by atoms with Crippen molar-refractivity contribution < 1.29 is 5.11 Å². The monoisotopic (exact) mass is 143 g/mol. The lowest BCUT2D eigenvalue weighted by atomic mass is 9.95. The van der Waals surface area contributed by atoms with Crippen molar-refractivity contribution >= 4 is 0 Å². The largest absolute Gasteiger partial charge is 0.379 e. The average molecular weight is 143 g/mol. The molecule has 1 aliphatic carbocycles. The van der Waals surface area contributed by atoms with Gasteiger partial charge in [-0.3, -0.25) is 5.32 Å². The van der Waals surface area contributed by atoms with Crippen molar-refractivity contribution in [2.75, 3.05) is 0 Å². The molecule has 0 aromatic carbocycles. The van der Waals surface area contributed by atoms with Gasteiger partial charge < -0.3 is 5.11 Å². The van der Waals surface area contributed by atoms with Crippen molar-refractivity contribution in [3.8, 4) is 0 Å². The van der Waals surface area contributed by atoms with E-state index in [-0.39, 0.29) is 6.23 Å². The summed E-state index contributed by atoms with van der Waals surface area (Å²) in [6.45, 7) is 1.79. The van der Waals surface area contributed by atoms with E-state index in [1.165, 1.54) is 32.1 Å². The number of rotatable bonds is 2. The fraction of sp³-hybridized carbons (Fsp3) is 1.00. The van der Waals surface area contributed by atoms with E-state index in [9.17, 15) is 0 Å². The molecular weight excluding hydrogens is 126 g/mol. The van der Waals surface area contributed by atoms with E-state index in [1.54, 1.807) is 6.92 Å². The molecule has 0 unspecified atom stereocenters. The Morgan fingerprint density at radius 2 is 1.90 bits per heavy atom. The van der Waals surface area contributed by atoms with Gasteiger partial charge in [-0.25, -0.2) is 0 Å². The zero-order valence-electron chi connectivity index (χ0n) is 6.64. The molecule has 0 spiro atoms. The summed E-state index contributed by atoms with van der Waals surface area (Å²) in [5.41, 5.74) is 0. The predicted octanol–water partition coefficient (Wildman–Crippen LogP) is 1.25. The van der Waals surface area contributed by atoms with Crippen LogP contribution in [0.3, 0.4) is 0 Å². The normalized spacial score (nSPS) is 24.6. The maximum absolute atomic E-state index is 8.99. The van der Waals surface area contributed by atoms with Crippen LogP contribution in [-0.2, 0) is 0 Å². The molecule has 0 heterocycles. The molecule has 1 aliphatic rings. The molecule has 2 heteroatoms. The lowest BCUT2D eigenvalue weighted by Gasteiger charge is -2.24. The first-order chi connectivity index (χ1) is 4.79. The fourth-order valence-corrected chi connectivity index (χ4v) is 1.61. The number of nitrogens with one attached hydrogen (secondary N) is 1. The topological polar surface area (TPSA) is 32.3 Å². The van der Waals surface area contributed by atoms with E-state index in [0.717, 1.165) is 0 Å². The Bertz CT molecular complexity index is 87.3. The molecule has 0 saturated heterocycles. The third-order valence-electron chi connectivity index (χ3n) is 2.08. The smallest absolute Gasteiger partial charge is 0.102 e. The zero-order valence-corrected chi connectivity index (χ0v) is 6.64. The summed E-state index contributed by atoms with van der Waals surface area (Å²) in [6.07, 6.45) is 6.17. The van der Waals surface area contributed by atoms with Gasteiger partial charge in [0.1, 0.15) is 6.23 Å². The summed E-state index contributed by atoms with van der Waals surface area (Å²) >= 11 is 0. The number of aliphatic hydroxyl groups is 1. The van der Waals surface area contributed by atoms with Crippen LogP contribution in [0, 0.1) is 0 Å². The molecule has 0 aliphatic heterocycles. The molecule has 1 fully saturated rings. The van der Waals surface area contributed by atoms with Crippen molar-refractivity contribution in [2.24, 2.45) is 0 Å². The van der Waals surface area contributed by atoms with Crippen molar-refractivity contribution in [1.29, 1.82) is 0 Å². The van der Waals surface area contributed by atoms with Crippen LogP contribution in [0.5, 0.6) is 0 Å². The molecule has 2 nitrogen and oxygen atoms in total. The van der Waals surface area contributed by atoms with Gasteiger partial charge in [-0.2, -0.15) is 0 Å². The summed E-state index contributed by atoms with van der Waals surface area (Å²) in [4.78, 5) is 0. The van der Waals surface area contributed by atoms with E-state index >= 15 is 0 Å². The molecule has 0 amide bonds. The fourth-order valence-electron chi connectivity index (χ4n) is 1.61. The SMILES string of the molecule is C[C@@H](O)NC1CCCCC1. The Balaban J connectivity index is 2.13. The van der Waals surface area contributed by atoms with Crippen molar-refractivity contribution in [1.82, 2.24) is 5.32 Å². The molecule has 1 rings (SSSR count). The van der Waals surface area contributed by atoms with E-state index in [0.29, 0.717) is 6.04 Å². The third kappa shape index (κ3) is 2.67. The van der Waals surface area contributed by atoms with Crippen LogP contribution in [0.15, 0.2) is 0 Å². The van der Waals surface area contributed by atoms with Gasteiger partial charge in [0, 0.05) is 6.04 Å². The van der Waals surface area contributed by atoms with Crippen LogP contribution < -0.4 is 5.32 Å². The second kappa shape index (κ2) is 3.94. The molecule has 1 atom stereocenters. The summed E-state index contributed by atoms with van der Waals surface area (Å²) < 4.78 is 0. The second-order valence-electron chi connectivity index (χ2n) is 3.18. The number of hydrogen-bond donors (Lipinski definition) is 2. The number of hydrogen-bond acceptors (Lipinski definition) is 2. The first-order valence-corrected chi connectivity index (χ1v) is 4.23. The molecule has 60 valence electrons. The molecule has 10 heavy (non-hydrogen) atoms. The minimum Gasteiger partial charge on any atom is -0.379 e. The van der Waals surface area contributed by atoms with Crippen LogP contribution >= 0.6 is 0 Å². The minimum atomic E-state index is -0.330. The Morgan fingerprint density at radius 1 is 1.30 bits per heavy atom. The Kier molecular flexibility index (Phi) is 3.16. The quantitative estimate of drug-likeness (QED) is 0.570. The molecule has 1 saturated carbocycles. The molecule has 2 N–H and O–H groups in total. The Labute approximate surface area is 62.6 Å². The van der Waals surface area contributed by atoms with Crippen LogP contribution in [0.4, 0.5) is 0 Å². The van der Waals surface area contributed by atoms with E-state index < -0.39 is 0 Å². The molecular formula is C8H17NO. The summed E-state index contributed by atoms with van der Waals surface area (Å²) in [6, 6.07) is 0.578. The molecule has 0 aromatic rings. The van der Waals surface area contributed by atoms with E-state index in [4.69, 9.17) is 5.11 Å².